The lowest BCUT2D eigenvalue weighted by Crippen LogP contribution is -2.49. The van der Waals surface area contributed by atoms with E-state index in [2.05, 4.69) is 16.0 Å². The number of ketones is 1. The number of methoxy groups -OCH3 is 1. The highest BCUT2D eigenvalue weighted by atomic mass is 32.1. The first-order valence-corrected chi connectivity index (χ1v) is 19.4. The van der Waals surface area contributed by atoms with Gasteiger partial charge in [-0.2, -0.15) is 0 Å². The second kappa shape index (κ2) is 20.7. The van der Waals surface area contributed by atoms with Gasteiger partial charge in [0.1, 0.15) is 18.1 Å². The third-order valence-electron chi connectivity index (χ3n) is 9.19. The van der Waals surface area contributed by atoms with Gasteiger partial charge in [-0.25, -0.2) is 4.39 Å². The molecule has 3 aromatic heterocycles. The number of benzene rings is 1. The van der Waals surface area contributed by atoms with Crippen molar-refractivity contribution in [2.24, 2.45) is 5.92 Å². The number of rotatable bonds is 23. The lowest BCUT2D eigenvalue weighted by Gasteiger charge is -2.34. The Bertz CT molecular complexity index is 1800. The van der Waals surface area contributed by atoms with E-state index >= 15 is 4.39 Å². The molecule has 0 radical (unpaired) electrons. The average molecular weight is 765 g/mol. The molecule has 1 aromatic carbocycles. The number of Topliss-reactive ketones (excluding diaryl/α,β-unsaturated/α-hetero) is 1. The van der Waals surface area contributed by atoms with Crippen molar-refractivity contribution in [3.05, 3.63) is 71.8 Å². The lowest BCUT2D eigenvalue weighted by molar-refractivity contribution is -0.138. The standard InChI is InChI=1S/C40H49FN4O8S/c1-48-14-15-49-16-17-50-18-19-51-20-21-52-28-39(47)45-12-10-44(11-13-45)27-31-4-6-34(43-26-31)38-25-35-40(54-38)37(8-9-42-35)53-36-7-5-30(24-33(36)41)23-32(46)22-29-2-3-29/h4-9,24-26,29H,2-3,10-23,27-28H2,1H3. The fraction of sp³-hybridized carbons (Fsp3) is 0.500. The summed E-state index contributed by atoms with van der Waals surface area (Å²) in [5, 5.41) is 0. The van der Waals surface area contributed by atoms with Crippen LogP contribution in [-0.2, 0) is 46.2 Å². The van der Waals surface area contributed by atoms with E-state index < -0.39 is 5.82 Å². The van der Waals surface area contributed by atoms with Gasteiger partial charge in [0.05, 0.1) is 73.6 Å². The number of fused-ring (bicyclic) bond motifs is 1. The molecule has 54 heavy (non-hydrogen) atoms. The summed E-state index contributed by atoms with van der Waals surface area (Å²) < 4.78 is 48.6. The van der Waals surface area contributed by atoms with Gasteiger partial charge in [-0.05, 0) is 54.2 Å². The van der Waals surface area contributed by atoms with Crippen molar-refractivity contribution in [1.82, 2.24) is 19.8 Å². The predicted molar refractivity (Wildman–Crippen MR) is 202 cm³/mol. The van der Waals surface area contributed by atoms with Crippen LogP contribution >= 0.6 is 11.3 Å². The molecule has 6 rings (SSSR count). The van der Waals surface area contributed by atoms with Gasteiger partial charge < -0.3 is 33.3 Å². The summed E-state index contributed by atoms with van der Waals surface area (Å²) >= 11 is 1.49. The van der Waals surface area contributed by atoms with Gasteiger partial charge in [-0.3, -0.25) is 24.5 Å². The number of amides is 1. The normalized spacial score (nSPS) is 14.9. The number of carbonyl (C=O) groups is 2. The van der Waals surface area contributed by atoms with Crippen LogP contribution in [0, 0.1) is 11.7 Å². The molecule has 14 heteroatoms. The van der Waals surface area contributed by atoms with Crippen LogP contribution in [0.25, 0.3) is 20.8 Å². The van der Waals surface area contributed by atoms with Gasteiger partial charge in [0.15, 0.2) is 11.6 Å². The largest absolute Gasteiger partial charge is 0.453 e. The van der Waals surface area contributed by atoms with Crippen LogP contribution in [0.4, 0.5) is 4.39 Å². The minimum Gasteiger partial charge on any atom is -0.453 e. The highest BCUT2D eigenvalue weighted by Crippen LogP contribution is 2.39. The average Bonchev–Trinajstić information content (AvgIpc) is 3.88. The molecule has 1 saturated carbocycles. The number of hydrogen-bond donors (Lipinski definition) is 0. The first kappa shape index (κ1) is 39.8. The topological polar surface area (TPSA) is 122 Å². The zero-order chi connectivity index (χ0) is 37.5. The summed E-state index contributed by atoms with van der Waals surface area (Å²) in [4.78, 5) is 39.2. The summed E-state index contributed by atoms with van der Waals surface area (Å²) in [6, 6.07) is 12.5. The molecule has 0 atom stereocenters. The fourth-order valence-corrected chi connectivity index (χ4v) is 7.09. The number of piperazine rings is 1. The Morgan fingerprint density at radius 2 is 1.52 bits per heavy atom. The van der Waals surface area contributed by atoms with Gasteiger partial charge in [0, 0.05) is 71.1 Å². The van der Waals surface area contributed by atoms with Crippen LogP contribution in [0.15, 0.2) is 54.9 Å². The van der Waals surface area contributed by atoms with E-state index in [0.29, 0.717) is 89.6 Å². The minimum atomic E-state index is -0.500. The molecule has 1 saturated heterocycles. The monoisotopic (exact) mass is 764 g/mol. The van der Waals surface area contributed by atoms with E-state index in [1.807, 2.05) is 23.2 Å². The van der Waals surface area contributed by atoms with E-state index in [-0.39, 0.29) is 30.5 Å². The second-order valence-electron chi connectivity index (χ2n) is 13.5. The number of aromatic nitrogens is 2. The number of halogens is 1. The molecule has 1 aliphatic heterocycles. The maximum atomic E-state index is 15.0. The molecular formula is C40H49FN4O8S. The Kier molecular flexibility index (Phi) is 15.3. The molecule has 12 nitrogen and oxygen atoms in total. The highest BCUT2D eigenvalue weighted by Gasteiger charge is 2.25. The number of thiophene rings is 1. The SMILES string of the molecule is COCCOCCOCCOCCOCC(=O)N1CCN(Cc2ccc(-c3cc4nccc(Oc5ccc(CC(=O)CC6CC6)cc5F)c4s3)nc2)CC1. The number of nitrogens with zero attached hydrogens (tertiary/aromatic N) is 4. The fourth-order valence-electron chi connectivity index (χ4n) is 6.05. The van der Waals surface area contributed by atoms with Crippen molar-refractivity contribution < 1.29 is 42.4 Å². The van der Waals surface area contributed by atoms with Crippen LogP contribution in [0.5, 0.6) is 11.5 Å². The van der Waals surface area contributed by atoms with E-state index in [9.17, 15) is 9.59 Å². The van der Waals surface area contributed by atoms with Crippen LogP contribution < -0.4 is 4.74 Å². The molecule has 1 aliphatic carbocycles. The number of carbonyl (C=O) groups excluding carboxylic acids is 2. The van der Waals surface area contributed by atoms with Crippen LogP contribution in [0.2, 0.25) is 0 Å². The Morgan fingerprint density at radius 1 is 0.815 bits per heavy atom. The molecule has 2 fully saturated rings. The van der Waals surface area contributed by atoms with E-state index in [1.165, 1.54) is 17.4 Å². The molecule has 0 bridgehead atoms. The van der Waals surface area contributed by atoms with Crippen molar-refractivity contribution >= 4 is 33.2 Å². The minimum absolute atomic E-state index is 0.0148. The third kappa shape index (κ3) is 12.3. The quantitative estimate of drug-likeness (QED) is 0.0884. The second-order valence-corrected chi connectivity index (χ2v) is 14.5. The molecule has 4 heterocycles. The molecule has 0 N–H and O–H groups in total. The summed E-state index contributed by atoms with van der Waals surface area (Å²) in [5.74, 6) is 0.763. The Labute approximate surface area is 319 Å². The van der Waals surface area contributed by atoms with Gasteiger partial charge in [-0.15, -0.1) is 11.3 Å². The van der Waals surface area contributed by atoms with Crippen LogP contribution in [0.1, 0.15) is 30.4 Å². The summed E-state index contributed by atoms with van der Waals surface area (Å²) in [5.41, 5.74) is 3.29. The Hall–Kier alpha value is -3.89. The van der Waals surface area contributed by atoms with Crippen LogP contribution in [-0.4, -0.2) is 124 Å². The van der Waals surface area contributed by atoms with Gasteiger partial charge in [-0.1, -0.05) is 12.1 Å². The van der Waals surface area contributed by atoms with Crippen molar-refractivity contribution in [2.45, 2.75) is 32.2 Å². The van der Waals surface area contributed by atoms with Crippen molar-refractivity contribution in [3.63, 3.8) is 0 Å². The van der Waals surface area contributed by atoms with E-state index in [0.717, 1.165) is 58.8 Å². The Balaban J connectivity index is 0.897. The maximum Gasteiger partial charge on any atom is 0.248 e. The molecule has 4 aromatic rings. The smallest absolute Gasteiger partial charge is 0.248 e. The van der Waals surface area contributed by atoms with Gasteiger partial charge in [0.2, 0.25) is 5.91 Å². The van der Waals surface area contributed by atoms with E-state index in [1.54, 1.807) is 31.5 Å². The molecule has 290 valence electrons. The molecule has 1 amide bonds. The zero-order valence-corrected chi connectivity index (χ0v) is 31.7. The number of ether oxygens (including phenoxy) is 6. The van der Waals surface area contributed by atoms with Crippen molar-refractivity contribution in [3.8, 4) is 22.1 Å². The summed E-state index contributed by atoms with van der Waals surface area (Å²) in [7, 11) is 1.64. The van der Waals surface area contributed by atoms with Crippen molar-refractivity contribution in [1.29, 1.82) is 0 Å². The van der Waals surface area contributed by atoms with Crippen molar-refractivity contribution in [2.75, 3.05) is 92.8 Å². The number of pyridine rings is 2. The van der Waals surface area contributed by atoms with Crippen LogP contribution in [0.3, 0.4) is 0 Å². The maximum absolute atomic E-state index is 15.0. The first-order valence-electron chi connectivity index (χ1n) is 18.6. The molecule has 2 aliphatic rings. The molecule has 0 unspecified atom stereocenters. The zero-order valence-electron chi connectivity index (χ0n) is 30.8. The van der Waals surface area contributed by atoms with Gasteiger partial charge in [0.25, 0.3) is 0 Å². The number of hydrogen-bond acceptors (Lipinski definition) is 12. The molecular weight excluding hydrogens is 716 g/mol. The highest BCUT2D eigenvalue weighted by molar-refractivity contribution is 7.22. The third-order valence-corrected chi connectivity index (χ3v) is 10.3. The summed E-state index contributed by atoms with van der Waals surface area (Å²) in [6.45, 7) is 7.43. The van der Waals surface area contributed by atoms with Gasteiger partial charge >= 0.3 is 0 Å². The lowest BCUT2D eigenvalue weighted by atomic mass is 10.0. The van der Waals surface area contributed by atoms with E-state index in [4.69, 9.17) is 33.4 Å². The molecule has 0 spiro atoms. The summed E-state index contributed by atoms with van der Waals surface area (Å²) in [6.07, 6.45) is 6.58. The predicted octanol–water partition coefficient (Wildman–Crippen LogP) is 5.56. The first-order chi connectivity index (χ1) is 26.4. The Morgan fingerprint density at radius 3 is 2.19 bits per heavy atom.